The number of pyridine rings is 2. The third kappa shape index (κ3) is 3.36. The number of piperidine rings is 1. The van der Waals surface area contributed by atoms with Crippen molar-refractivity contribution in [2.75, 3.05) is 23.3 Å². The van der Waals surface area contributed by atoms with E-state index in [1.807, 2.05) is 24.4 Å². The number of nitrogens with one attached hydrogen (secondary N) is 1. The van der Waals surface area contributed by atoms with Crippen LogP contribution >= 0.6 is 0 Å². The van der Waals surface area contributed by atoms with Crippen LogP contribution in [0, 0.1) is 12.8 Å². The molecule has 2 aromatic rings. The van der Waals surface area contributed by atoms with E-state index in [2.05, 4.69) is 33.2 Å². The van der Waals surface area contributed by atoms with E-state index in [4.69, 9.17) is 0 Å². The molecule has 0 aromatic carbocycles. The summed E-state index contributed by atoms with van der Waals surface area (Å²) in [7, 11) is 0. The van der Waals surface area contributed by atoms with E-state index in [9.17, 15) is 5.11 Å². The number of nitrogens with zero attached hydrogens (tertiary/aromatic N) is 3. The predicted octanol–water partition coefficient (Wildman–Crippen LogP) is 2.43. The molecule has 0 spiro atoms. The van der Waals surface area contributed by atoms with Crippen molar-refractivity contribution in [3.8, 4) is 0 Å². The molecule has 0 amide bonds. The first-order valence-electron chi connectivity index (χ1n) is 7.75. The molecule has 1 aliphatic heterocycles. The fourth-order valence-corrected chi connectivity index (χ4v) is 2.97. The molecular formula is C17H22N4O. The van der Waals surface area contributed by atoms with Gasteiger partial charge in [0.15, 0.2) is 0 Å². The van der Waals surface area contributed by atoms with Crippen molar-refractivity contribution in [3.63, 3.8) is 0 Å². The van der Waals surface area contributed by atoms with Crippen LogP contribution in [0.25, 0.3) is 0 Å². The zero-order chi connectivity index (χ0) is 15.4. The third-order valence-electron chi connectivity index (χ3n) is 4.24. The second kappa shape index (κ2) is 6.75. The Hall–Kier alpha value is -2.14. The summed E-state index contributed by atoms with van der Waals surface area (Å²) < 4.78 is 0. The smallest absolute Gasteiger partial charge is 0.131 e. The molecule has 0 bridgehead atoms. The number of aliphatic hydroxyl groups is 1. The lowest BCUT2D eigenvalue weighted by Crippen LogP contribution is -2.41. The fourth-order valence-electron chi connectivity index (χ4n) is 2.97. The van der Waals surface area contributed by atoms with Crippen molar-refractivity contribution in [3.05, 3.63) is 48.4 Å². The number of aryl methyl sites for hydroxylation is 1. The Balaban J connectivity index is 1.56. The summed E-state index contributed by atoms with van der Waals surface area (Å²) in [5.41, 5.74) is 2.06. The summed E-state index contributed by atoms with van der Waals surface area (Å²) in [5, 5.41) is 13.5. The van der Waals surface area contributed by atoms with Crippen molar-refractivity contribution < 1.29 is 5.11 Å². The Morgan fingerprint density at radius 1 is 1.23 bits per heavy atom. The first-order chi connectivity index (χ1) is 10.7. The lowest BCUT2D eigenvalue weighted by atomic mass is 9.94. The van der Waals surface area contributed by atoms with Gasteiger partial charge in [0, 0.05) is 37.6 Å². The summed E-state index contributed by atoms with van der Waals surface area (Å²) in [5.74, 6) is 1.32. The molecule has 0 saturated carbocycles. The lowest BCUT2D eigenvalue weighted by Gasteiger charge is -2.35. The van der Waals surface area contributed by atoms with E-state index < -0.39 is 6.23 Å². The van der Waals surface area contributed by atoms with Gasteiger partial charge in [-0.1, -0.05) is 6.07 Å². The highest BCUT2D eigenvalue weighted by atomic mass is 16.3. The second-order valence-corrected chi connectivity index (χ2v) is 5.80. The molecule has 22 heavy (non-hydrogen) atoms. The number of rotatable bonds is 4. The fraction of sp³-hybridized carbons (Fsp3) is 0.412. The van der Waals surface area contributed by atoms with E-state index in [0.29, 0.717) is 0 Å². The van der Waals surface area contributed by atoms with Gasteiger partial charge in [0.2, 0.25) is 0 Å². The number of aliphatic hydroxyl groups excluding tert-OH is 1. The second-order valence-electron chi connectivity index (χ2n) is 5.80. The molecule has 5 heteroatoms. The van der Waals surface area contributed by atoms with Gasteiger partial charge in [-0.3, -0.25) is 4.98 Å². The minimum absolute atomic E-state index is 0.250. The van der Waals surface area contributed by atoms with Crippen molar-refractivity contribution in [2.45, 2.75) is 26.0 Å². The Morgan fingerprint density at radius 2 is 2.00 bits per heavy atom. The summed E-state index contributed by atoms with van der Waals surface area (Å²) in [6.07, 6.45) is 6.67. The quantitative estimate of drug-likeness (QED) is 0.849. The number of hydrogen-bond donors (Lipinski definition) is 2. The van der Waals surface area contributed by atoms with Gasteiger partial charge in [-0.15, -0.1) is 0 Å². The Morgan fingerprint density at radius 3 is 2.68 bits per heavy atom. The van der Waals surface area contributed by atoms with Crippen LogP contribution in [0.5, 0.6) is 0 Å². The van der Waals surface area contributed by atoms with Crippen LogP contribution in [0.15, 0.2) is 42.9 Å². The SMILES string of the molecule is Cc1cccnc1N1CCC(C(O)Nc2cccnc2)CC1. The average Bonchev–Trinajstić information content (AvgIpc) is 2.56. The minimum Gasteiger partial charge on any atom is -0.374 e. The molecule has 2 aromatic heterocycles. The zero-order valence-electron chi connectivity index (χ0n) is 12.8. The van der Waals surface area contributed by atoms with E-state index in [0.717, 1.165) is 37.4 Å². The van der Waals surface area contributed by atoms with E-state index >= 15 is 0 Å². The maximum Gasteiger partial charge on any atom is 0.131 e. The number of aromatic nitrogens is 2. The normalized spacial score (nSPS) is 17.3. The molecule has 5 nitrogen and oxygen atoms in total. The van der Waals surface area contributed by atoms with Crippen LogP contribution in [0.2, 0.25) is 0 Å². The van der Waals surface area contributed by atoms with Gasteiger partial charge in [-0.2, -0.15) is 0 Å². The van der Waals surface area contributed by atoms with Crippen LogP contribution in [0.1, 0.15) is 18.4 Å². The van der Waals surface area contributed by atoms with Crippen LogP contribution in [0.4, 0.5) is 11.5 Å². The van der Waals surface area contributed by atoms with Crippen molar-refractivity contribution in [2.24, 2.45) is 5.92 Å². The van der Waals surface area contributed by atoms with Gasteiger partial charge in [0.1, 0.15) is 12.0 Å². The molecule has 3 heterocycles. The first kappa shape index (κ1) is 14.8. The molecule has 2 N–H and O–H groups in total. The monoisotopic (exact) mass is 298 g/mol. The standard InChI is InChI=1S/C17H22N4O/c1-13-4-2-9-19-16(13)21-10-6-14(7-11-21)17(22)20-15-5-3-8-18-12-15/h2-5,8-9,12,14,17,20,22H,6-7,10-11H2,1H3. The first-order valence-corrected chi connectivity index (χ1v) is 7.75. The van der Waals surface area contributed by atoms with Gasteiger partial charge < -0.3 is 15.3 Å². The molecule has 1 unspecified atom stereocenters. The van der Waals surface area contributed by atoms with Gasteiger partial charge in [0.05, 0.1) is 5.69 Å². The topological polar surface area (TPSA) is 61.3 Å². The Bertz CT molecular complexity index is 597. The van der Waals surface area contributed by atoms with Gasteiger partial charge in [-0.25, -0.2) is 4.98 Å². The van der Waals surface area contributed by atoms with Gasteiger partial charge >= 0.3 is 0 Å². The molecule has 1 fully saturated rings. The molecule has 1 aliphatic rings. The van der Waals surface area contributed by atoms with Crippen molar-refractivity contribution in [1.29, 1.82) is 0 Å². The maximum atomic E-state index is 10.4. The summed E-state index contributed by atoms with van der Waals surface area (Å²) in [6, 6.07) is 7.84. The lowest BCUT2D eigenvalue weighted by molar-refractivity contribution is 0.117. The predicted molar refractivity (Wildman–Crippen MR) is 87.8 cm³/mol. The van der Waals surface area contributed by atoms with Crippen molar-refractivity contribution in [1.82, 2.24) is 9.97 Å². The van der Waals surface area contributed by atoms with Crippen LogP contribution in [-0.4, -0.2) is 34.4 Å². The Kier molecular flexibility index (Phi) is 4.53. The molecule has 1 saturated heterocycles. The minimum atomic E-state index is -0.531. The van der Waals surface area contributed by atoms with Crippen LogP contribution < -0.4 is 10.2 Å². The molecule has 0 aliphatic carbocycles. The highest BCUT2D eigenvalue weighted by Crippen LogP contribution is 2.26. The summed E-state index contributed by atoms with van der Waals surface area (Å²) >= 11 is 0. The van der Waals surface area contributed by atoms with Gasteiger partial charge in [-0.05, 0) is 43.5 Å². The largest absolute Gasteiger partial charge is 0.374 e. The Labute approximate surface area is 131 Å². The molecule has 3 rings (SSSR count). The summed E-state index contributed by atoms with van der Waals surface area (Å²) in [4.78, 5) is 10.8. The highest BCUT2D eigenvalue weighted by molar-refractivity contribution is 5.46. The molecular weight excluding hydrogens is 276 g/mol. The highest BCUT2D eigenvalue weighted by Gasteiger charge is 2.26. The van der Waals surface area contributed by atoms with Gasteiger partial charge in [0.25, 0.3) is 0 Å². The van der Waals surface area contributed by atoms with Crippen LogP contribution in [0.3, 0.4) is 0 Å². The van der Waals surface area contributed by atoms with Crippen LogP contribution in [-0.2, 0) is 0 Å². The van der Waals surface area contributed by atoms with E-state index in [1.165, 1.54) is 5.56 Å². The zero-order valence-corrected chi connectivity index (χ0v) is 12.8. The number of anilines is 2. The third-order valence-corrected chi connectivity index (χ3v) is 4.24. The van der Waals surface area contributed by atoms with E-state index in [1.54, 1.807) is 12.4 Å². The number of hydrogen-bond acceptors (Lipinski definition) is 5. The van der Waals surface area contributed by atoms with Crippen molar-refractivity contribution >= 4 is 11.5 Å². The van der Waals surface area contributed by atoms with E-state index in [-0.39, 0.29) is 5.92 Å². The summed E-state index contributed by atoms with van der Waals surface area (Å²) in [6.45, 7) is 3.94. The molecule has 116 valence electrons. The molecule has 1 atom stereocenters. The maximum absolute atomic E-state index is 10.4. The average molecular weight is 298 g/mol. The molecule has 0 radical (unpaired) electrons.